The van der Waals surface area contributed by atoms with Gasteiger partial charge in [0.25, 0.3) is 0 Å². The number of nitrogens with zero attached hydrogens (tertiary/aromatic N) is 1. The smallest absolute Gasteiger partial charge is 0.335 e. The highest BCUT2D eigenvalue weighted by Gasteiger charge is 2.14. The number of aromatic carboxylic acids is 1. The van der Waals surface area contributed by atoms with Crippen molar-refractivity contribution in [2.75, 3.05) is 6.54 Å². The molecule has 0 aromatic heterocycles. The number of likely N-dealkylation sites (N-methyl/N-ethyl adjacent to an activating group) is 1. The quantitative estimate of drug-likeness (QED) is 0.891. The van der Waals surface area contributed by atoms with Crippen molar-refractivity contribution in [3.05, 3.63) is 71.0 Å². The SMILES string of the molecule is CCN(Cc1cccc(F)c1)C(=O)Cc1cccc(C(=O)O)c1. The Labute approximate surface area is 134 Å². The molecule has 23 heavy (non-hydrogen) atoms. The fraction of sp³-hybridized carbons (Fsp3) is 0.222. The Morgan fingerprint density at radius 3 is 2.43 bits per heavy atom. The molecule has 0 aliphatic carbocycles. The Kier molecular flexibility index (Phi) is 5.46. The van der Waals surface area contributed by atoms with Crippen molar-refractivity contribution >= 4 is 11.9 Å². The number of carboxylic acids is 1. The third-order valence-corrected chi connectivity index (χ3v) is 3.53. The van der Waals surface area contributed by atoms with E-state index in [0.717, 1.165) is 5.56 Å². The van der Waals surface area contributed by atoms with Gasteiger partial charge in [0.05, 0.1) is 12.0 Å². The zero-order chi connectivity index (χ0) is 16.8. The number of carbonyl (C=O) groups excluding carboxylic acids is 1. The fourth-order valence-electron chi connectivity index (χ4n) is 2.33. The molecule has 0 saturated heterocycles. The standard InChI is InChI=1S/C18H18FNO3/c1-2-20(12-14-6-4-8-16(19)10-14)17(21)11-13-5-3-7-15(9-13)18(22)23/h3-10H,2,11-12H2,1H3,(H,22,23). The Morgan fingerprint density at radius 1 is 1.09 bits per heavy atom. The number of halogens is 1. The van der Waals surface area contributed by atoms with E-state index in [-0.39, 0.29) is 23.7 Å². The maximum Gasteiger partial charge on any atom is 0.335 e. The first-order valence-corrected chi connectivity index (χ1v) is 7.34. The van der Waals surface area contributed by atoms with Crippen LogP contribution in [0.4, 0.5) is 4.39 Å². The van der Waals surface area contributed by atoms with Crippen LogP contribution in [0.15, 0.2) is 48.5 Å². The van der Waals surface area contributed by atoms with Crippen molar-refractivity contribution in [2.24, 2.45) is 0 Å². The highest BCUT2D eigenvalue weighted by molar-refractivity contribution is 5.88. The molecule has 1 N–H and O–H groups in total. The van der Waals surface area contributed by atoms with Gasteiger partial charge in [0, 0.05) is 13.1 Å². The van der Waals surface area contributed by atoms with Crippen LogP contribution in [0, 0.1) is 5.82 Å². The second kappa shape index (κ2) is 7.54. The van der Waals surface area contributed by atoms with E-state index in [1.807, 2.05) is 6.92 Å². The van der Waals surface area contributed by atoms with E-state index in [9.17, 15) is 14.0 Å². The molecule has 1 amide bonds. The Morgan fingerprint density at radius 2 is 1.78 bits per heavy atom. The van der Waals surface area contributed by atoms with E-state index in [2.05, 4.69) is 0 Å². The van der Waals surface area contributed by atoms with Crippen LogP contribution in [0.3, 0.4) is 0 Å². The molecule has 0 atom stereocenters. The van der Waals surface area contributed by atoms with Gasteiger partial charge in [-0.1, -0.05) is 24.3 Å². The van der Waals surface area contributed by atoms with Crippen molar-refractivity contribution in [3.63, 3.8) is 0 Å². The van der Waals surface area contributed by atoms with Crippen molar-refractivity contribution in [3.8, 4) is 0 Å². The van der Waals surface area contributed by atoms with Gasteiger partial charge in [-0.05, 0) is 42.3 Å². The van der Waals surface area contributed by atoms with Gasteiger partial charge in [-0.3, -0.25) is 4.79 Å². The van der Waals surface area contributed by atoms with Crippen molar-refractivity contribution in [1.82, 2.24) is 4.90 Å². The number of carbonyl (C=O) groups is 2. The summed E-state index contributed by atoms with van der Waals surface area (Å²) in [6, 6.07) is 12.5. The van der Waals surface area contributed by atoms with Gasteiger partial charge in [-0.15, -0.1) is 0 Å². The van der Waals surface area contributed by atoms with E-state index >= 15 is 0 Å². The van der Waals surface area contributed by atoms with Crippen LogP contribution in [-0.4, -0.2) is 28.4 Å². The number of rotatable bonds is 6. The number of amides is 1. The van der Waals surface area contributed by atoms with Crippen molar-refractivity contribution < 1.29 is 19.1 Å². The minimum absolute atomic E-state index is 0.115. The first-order chi connectivity index (χ1) is 11.0. The molecular formula is C18H18FNO3. The van der Waals surface area contributed by atoms with Gasteiger partial charge in [0.15, 0.2) is 0 Å². The predicted molar refractivity (Wildman–Crippen MR) is 84.6 cm³/mol. The van der Waals surface area contributed by atoms with E-state index in [0.29, 0.717) is 18.7 Å². The molecule has 5 heteroatoms. The van der Waals surface area contributed by atoms with Gasteiger partial charge < -0.3 is 10.0 Å². The summed E-state index contributed by atoms with van der Waals surface area (Å²) in [6.07, 6.45) is 0.115. The van der Waals surface area contributed by atoms with Gasteiger partial charge in [-0.25, -0.2) is 9.18 Å². The minimum atomic E-state index is -1.02. The van der Waals surface area contributed by atoms with Crippen LogP contribution in [0.5, 0.6) is 0 Å². The molecule has 4 nitrogen and oxygen atoms in total. The largest absolute Gasteiger partial charge is 0.478 e. The third-order valence-electron chi connectivity index (χ3n) is 3.53. The summed E-state index contributed by atoms with van der Waals surface area (Å²) >= 11 is 0. The first-order valence-electron chi connectivity index (χ1n) is 7.34. The average Bonchev–Trinajstić information content (AvgIpc) is 2.52. The molecule has 120 valence electrons. The van der Waals surface area contributed by atoms with Gasteiger partial charge in [0.2, 0.25) is 5.91 Å². The lowest BCUT2D eigenvalue weighted by Crippen LogP contribution is -2.31. The highest BCUT2D eigenvalue weighted by atomic mass is 19.1. The molecule has 0 unspecified atom stereocenters. The van der Waals surface area contributed by atoms with Crippen LogP contribution < -0.4 is 0 Å². The van der Waals surface area contributed by atoms with Gasteiger partial charge >= 0.3 is 5.97 Å². The maximum atomic E-state index is 13.2. The minimum Gasteiger partial charge on any atom is -0.478 e. The molecule has 0 bridgehead atoms. The van der Waals surface area contributed by atoms with Crippen LogP contribution in [0.2, 0.25) is 0 Å². The summed E-state index contributed by atoms with van der Waals surface area (Å²) in [5.41, 5.74) is 1.52. The number of hydrogen-bond acceptors (Lipinski definition) is 2. The van der Waals surface area contributed by atoms with Crippen LogP contribution >= 0.6 is 0 Å². The number of benzene rings is 2. The fourth-order valence-corrected chi connectivity index (χ4v) is 2.33. The zero-order valence-corrected chi connectivity index (χ0v) is 12.8. The van der Waals surface area contributed by atoms with Crippen molar-refractivity contribution in [2.45, 2.75) is 19.9 Å². The number of carboxylic acid groups (broad SMARTS) is 1. The molecule has 0 heterocycles. The summed E-state index contributed by atoms with van der Waals surface area (Å²) in [6.45, 7) is 2.67. The third kappa shape index (κ3) is 4.64. The lowest BCUT2D eigenvalue weighted by atomic mass is 10.1. The second-order valence-electron chi connectivity index (χ2n) is 5.22. The van der Waals surface area contributed by atoms with Crippen LogP contribution in [0.1, 0.15) is 28.4 Å². The lowest BCUT2D eigenvalue weighted by molar-refractivity contribution is -0.130. The summed E-state index contributed by atoms with van der Waals surface area (Å²) in [5.74, 6) is -1.48. The Bertz CT molecular complexity index is 715. The van der Waals surface area contributed by atoms with Crippen molar-refractivity contribution in [1.29, 1.82) is 0 Å². The topological polar surface area (TPSA) is 57.6 Å². The zero-order valence-electron chi connectivity index (χ0n) is 12.8. The lowest BCUT2D eigenvalue weighted by Gasteiger charge is -2.21. The Balaban J connectivity index is 2.08. The summed E-state index contributed by atoms with van der Waals surface area (Å²) < 4.78 is 13.2. The molecule has 0 aliphatic rings. The molecule has 0 fully saturated rings. The van der Waals surface area contributed by atoms with E-state index in [1.54, 1.807) is 29.2 Å². The van der Waals surface area contributed by atoms with E-state index in [4.69, 9.17) is 5.11 Å². The average molecular weight is 315 g/mol. The molecule has 0 saturated carbocycles. The summed E-state index contributed by atoms with van der Waals surface area (Å²) in [5, 5.41) is 8.99. The van der Waals surface area contributed by atoms with Gasteiger partial charge in [0.1, 0.15) is 5.82 Å². The second-order valence-corrected chi connectivity index (χ2v) is 5.22. The number of hydrogen-bond donors (Lipinski definition) is 1. The van der Waals surface area contributed by atoms with E-state index in [1.165, 1.54) is 24.3 Å². The maximum absolute atomic E-state index is 13.2. The Hall–Kier alpha value is -2.69. The normalized spacial score (nSPS) is 10.3. The van der Waals surface area contributed by atoms with Gasteiger partial charge in [-0.2, -0.15) is 0 Å². The summed E-state index contributed by atoms with van der Waals surface area (Å²) in [4.78, 5) is 25.0. The molecule has 2 aromatic rings. The van der Waals surface area contributed by atoms with Crippen LogP contribution in [-0.2, 0) is 17.8 Å². The molecule has 2 aromatic carbocycles. The molecule has 2 rings (SSSR count). The monoisotopic (exact) mass is 315 g/mol. The predicted octanol–water partition coefficient (Wildman–Crippen LogP) is 3.12. The molecule has 0 radical (unpaired) electrons. The van der Waals surface area contributed by atoms with E-state index < -0.39 is 5.97 Å². The first kappa shape index (κ1) is 16.7. The highest BCUT2D eigenvalue weighted by Crippen LogP contribution is 2.11. The molecule has 0 aliphatic heterocycles. The van der Waals surface area contributed by atoms with Crippen LogP contribution in [0.25, 0.3) is 0 Å². The molecule has 0 spiro atoms. The molecular weight excluding hydrogens is 297 g/mol. The summed E-state index contributed by atoms with van der Waals surface area (Å²) in [7, 11) is 0.